The van der Waals surface area contributed by atoms with Gasteiger partial charge in [-0.1, -0.05) is 30.3 Å². The van der Waals surface area contributed by atoms with Crippen LogP contribution in [0.3, 0.4) is 0 Å². The number of hydrogen-bond donors (Lipinski definition) is 1. The molecule has 1 aliphatic rings. The van der Waals surface area contributed by atoms with Crippen molar-refractivity contribution in [1.29, 1.82) is 0 Å². The molecule has 0 aliphatic carbocycles. The summed E-state index contributed by atoms with van der Waals surface area (Å²) >= 11 is 0. The number of aliphatic hydroxyl groups is 1. The molecule has 0 spiro atoms. The predicted octanol–water partition coefficient (Wildman–Crippen LogP) is 2.91. The summed E-state index contributed by atoms with van der Waals surface area (Å²) in [5.74, 6) is 0.583. The molecule has 1 N–H and O–H groups in total. The summed E-state index contributed by atoms with van der Waals surface area (Å²) in [5, 5.41) is 10.3. The number of halogens is 1. The van der Waals surface area contributed by atoms with Crippen LogP contribution in [-0.2, 0) is 6.42 Å². The van der Waals surface area contributed by atoms with Gasteiger partial charge in [0.05, 0.1) is 12.7 Å². The maximum atomic E-state index is 12.8. The van der Waals surface area contributed by atoms with Gasteiger partial charge in [0, 0.05) is 11.5 Å². The van der Waals surface area contributed by atoms with Crippen LogP contribution in [0.15, 0.2) is 48.5 Å². The van der Waals surface area contributed by atoms with E-state index in [1.54, 1.807) is 12.1 Å². The highest BCUT2D eigenvalue weighted by atomic mass is 19.1. The lowest BCUT2D eigenvalue weighted by Crippen LogP contribution is -2.22. The minimum Gasteiger partial charge on any atom is -0.493 e. The molecule has 2 nitrogen and oxygen atoms in total. The molecular weight excluding hydrogens is 243 g/mol. The van der Waals surface area contributed by atoms with Crippen LogP contribution in [0.25, 0.3) is 0 Å². The highest BCUT2D eigenvalue weighted by Crippen LogP contribution is 2.36. The van der Waals surface area contributed by atoms with Gasteiger partial charge in [-0.3, -0.25) is 0 Å². The fraction of sp³-hybridized carbons (Fsp3) is 0.250. The Balaban J connectivity index is 1.75. The van der Waals surface area contributed by atoms with Crippen LogP contribution in [0.1, 0.15) is 17.0 Å². The molecule has 0 radical (unpaired) electrons. The summed E-state index contributed by atoms with van der Waals surface area (Å²) in [6, 6.07) is 14.0. The molecule has 0 amide bonds. The average Bonchev–Trinajstić information content (AvgIpc) is 2.85. The second kappa shape index (κ2) is 5.02. The minimum absolute atomic E-state index is 0.0127. The zero-order valence-electron chi connectivity index (χ0n) is 10.4. The Hall–Kier alpha value is -1.87. The number of benzene rings is 2. The molecule has 3 heteroatoms. The molecule has 98 valence electrons. The van der Waals surface area contributed by atoms with Crippen molar-refractivity contribution in [2.75, 3.05) is 6.61 Å². The minimum atomic E-state index is -0.519. The van der Waals surface area contributed by atoms with E-state index in [1.807, 2.05) is 24.3 Å². The normalized spacial score (nSPS) is 18.7. The fourth-order valence-electron chi connectivity index (χ4n) is 2.51. The van der Waals surface area contributed by atoms with E-state index in [4.69, 9.17) is 4.74 Å². The van der Waals surface area contributed by atoms with Crippen LogP contribution in [-0.4, -0.2) is 17.8 Å². The van der Waals surface area contributed by atoms with Crippen LogP contribution >= 0.6 is 0 Å². The summed E-state index contributed by atoms with van der Waals surface area (Å²) in [7, 11) is 0. The molecule has 0 fully saturated rings. The second-order valence-electron chi connectivity index (χ2n) is 4.85. The van der Waals surface area contributed by atoms with E-state index in [0.717, 1.165) is 16.9 Å². The van der Waals surface area contributed by atoms with Gasteiger partial charge in [0.2, 0.25) is 0 Å². The van der Waals surface area contributed by atoms with Crippen molar-refractivity contribution in [2.24, 2.45) is 0 Å². The van der Waals surface area contributed by atoms with Crippen molar-refractivity contribution >= 4 is 0 Å². The second-order valence-corrected chi connectivity index (χ2v) is 4.85. The lowest BCUT2D eigenvalue weighted by molar-refractivity contribution is 0.129. The molecular formula is C16H15FO2. The topological polar surface area (TPSA) is 29.5 Å². The summed E-state index contributed by atoms with van der Waals surface area (Å²) in [5.41, 5.74) is 1.98. The first-order valence-corrected chi connectivity index (χ1v) is 6.38. The first-order valence-electron chi connectivity index (χ1n) is 6.38. The number of aliphatic hydroxyl groups excluding tert-OH is 1. The summed E-state index contributed by atoms with van der Waals surface area (Å²) in [6.07, 6.45) is -0.0167. The standard InChI is InChI=1S/C16H15FO2/c17-12-7-5-11(6-8-12)9-15(18)14-10-19-16-4-2-1-3-13(14)16/h1-8,14-15,18H,9-10H2. The molecule has 0 bridgehead atoms. The van der Waals surface area contributed by atoms with Gasteiger partial charge in [-0.2, -0.15) is 0 Å². The third-order valence-corrected chi connectivity index (χ3v) is 3.56. The third-order valence-electron chi connectivity index (χ3n) is 3.56. The molecule has 0 aromatic heterocycles. The van der Waals surface area contributed by atoms with Gasteiger partial charge in [-0.25, -0.2) is 4.39 Å². The molecule has 19 heavy (non-hydrogen) atoms. The van der Waals surface area contributed by atoms with E-state index in [2.05, 4.69) is 0 Å². The summed E-state index contributed by atoms with van der Waals surface area (Å²) in [4.78, 5) is 0. The lowest BCUT2D eigenvalue weighted by Gasteiger charge is -2.17. The number of ether oxygens (including phenoxy) is 1. The molecule has 2 unspecified atom stereocenters. The highest BCUT2D eigenvalue weighted by Gasteiger charge is 2.29. The Morgan fingerprint density at radius 1 is 1.16 bits per heavy atom. The Bertz CT molecular complexity index is 565. The summed E-state index contributed by atoms with van der Waals surface area (Å²) in [6.45, 7) is 0.502. The van der Waals surface area contributed by atoms with Gasteiger partial charge in [0.1, 0.15) is 11.6 Å². The Morgan fingerprint density at radius 2 is 1.89 bits per heavy atom. The average molecular weight is 258 g/mol. The summed E-state index contributed by atoms with van der Waals surface area (Å²) < 4.78 is 18.4. The lowest BCUT2D eigenvalue weighted by atomic mass is 9.91. The first kappa shape index (κ1) is 12.2. The molecule has 0 saturated heterocycles. The maximum absolute atomic E-state index is 12.8. The van der Waals surface area contributed by atoms with Crippen LogP contribution in [0.4, 0.5) is 4.39 Å². The van der Waals surface area contributed by atoms with E-state index >= 15 is 0 Å². The first-order chi connectivity index (χ1) is 9.24. The van der Waals surface area contributed by atoms with E-state index in [1.165, 1.54) is 12.1 Å². The van der Waals surface area contributed by atoms with Crippen molar-refractivity contribution in [3.05, 3.63) is 65.5 Å². The Kier molecular flexibility index (Phi) is 3.22. The monoisotopic (exact) mass is 258 g/mol. The van der Waals surface area contributed by atoms with E-state index in [0.29, 0.717) is 13.0 Å². The zero-order chi connectivity index (χ0) is 13.2. The van der Waals surface area contributed by atoms with E-state index in [9.17, 15) is 9.50 Å². The molecule has 2 aromatic rings. The van der Waals surface area contributed by atoms with Crippen molar-refractivity contribution in [2.45, 2.75) is 18.4 Å². The van der Waals surface area contributed by atoms with Crippen molar-refractivity contribution in [3.63, 3.8) is 0 Å². The molecule has 0 saturated carbocycles. The van der Waals surface area contributed by atoms with Gasteiger partial charge >= 0.3 is 0 Å². The molecule has 2 aromatic carbocycles. The number of hydrogen-bond acceptors (Lipinski definition) is 2. The Labute approximate surface area is 111 Å². The van der Waals surface area contributed by atoms with E-state index in [-0.39, 0.29) is 11.7 Å². The van der Waals surface area contributed by atoms with Crippen LogP contribution in [0.5, 0.6) is 5.75 Å². The van der Waals surface area contributed by atoms with Crippen molar-refractivity contribution in [3.8, 4) is 5.75 Å². The van der Waals surface area contributed by atoms with Gasteiger partial charge < -0.3 is 9.84 Å². The van der Waals surface area contributed by atoms with Crippen LogP contribution < -0.4 is 4.74 Å². The van der Waals surface area contributed by atoms with Crippen molar-refractivity contribution in [1.82, 2.24) is 0 Å². The number of para-hydroxylation sites is 1. The van der Waals surface area contributed by atoms with Crippen LogP contribution in [0.2, 0.25) is 0 Å². The number of fused-ring (bicyclic) bond motifs is 1. The smallest absolute Gasteiger partial charge is 0.123 e. The number of rotatable bonds is 3. The van der Waals surface area contributed by atoms with Gasteiger partial charge in [-0.15, -0.1) is 0 Å². The van der Waals surface area contributed by atoms with Gasteiger partial charge in [0.25, 0.3) is 0 Å². The maximum Gasteiger partial charge on any atom is 0.123 e. The zero-order valence-corrected chi connectivity index (χ0v) is 10.4. The van der Waals surface area contributed by atoms with Crippen molar-refractivity contribution < 1.29 is 14.2 Å². The van der Waals surface area contributed by atoms with Gasteiger partial charge in [0.15, 0.2) is 0 Å². The SMILES string of the molecule is OC(Cc1ccc(F)cc1)C1COc2ccccc21. The van der Waals surface area contributed by atoms with E-state index < -0.39 is 6.10 Å². The predicted molar refractivity (Wildman–Crippen MR) is 70.8 cm³/mol. The fourth-order valence-corrected chi connectivity index (χ4v) is 2.51. The molecule has 1 aliphatic heterocycles. The van der Waals surface area contributed by atoms with Crippen LogP contribution in [0, 0.1) is 5.82 Å². The highest BCUT2D eigenvalue weighted by molar-refractivity contribution is 5.40. The van der Waals surface area contributed by atoms with Gasteiger partial charge in [-0.05, 0) is 30.2 Å². The molecule has 2 atom stereocenters. The third kappa shape index (κ3) is 2.47. The molecule has 3 rings (SSSR count). The largest absolute Gasteiger partial charge is 0.493 e. The molecule has 1 heterocycles. The Morgan fingerprint density at radius 3 is 2.68 bits per heavy atom. The quantitative estimate of drug-likeness (QED) is 0.917.